The summed E-state index contributed by atoms with van der Waals surface area (Å²) in [5, 5.41) is 3.11. The highest BCUT2D eigenvalue weighted by Crippen LogP contribution is 2.03. The molecule has 0 bridgehead atoms. The van der Waals surface area contributed by atoms with Gasteiger partial charge in [-0.1, -0.05) is 6.92 Å². The summed E-state index contributed by atoms with van der Waals surface area (Å²) in [6.07, 6.45) is 1.06. The van der Waals surface area contributed by atoms with Crippen LogP contribution in [0.5, 0.6) is 0 Å². The van der Waals surface area contributed by atoms with Crippen LogP contribution in [-0.4, -0.2) is 6.54 Å². The second kappa shape index (κ2) is 4.11. The van der Waals surface area contributed by atoms with Gasteiger partial charge in [-0.25, -0.2) is 4.79 Å². The molecule has 0 aromatic carbocycles. The largest absolute Gasteiger partial charge is 0.519 e. The predicted molar refractivity (Wildman–Crippen MR) is 44.0 cm³/mol. The van der Waals surface area contributed by atoms with Gasteiger partial charge in [-0.3, -0.25) is 0 Å². The SMILES string of the molecule is CCCNCc1oc(=O)oc1C. The van der Waals surface area contributed by atoms with E-state index in [1.165, 1.54) is 0 Å². The summed E-state index contributed by atoms with van der Waals surface area (Å²) in [5.74, 6) is 0.526. The molecule has 1 N–H and O–H groups in total. The van der Waals surface area contributed by atoms with Crippen molar-refractivity contribution in [3.05, 3.63) is 22.1 Å². The monoisotopic (exact) mass is 171 g/mol. The van der Waals surface area contributed by atoms with E-state index >= 15 is 0 Å². The van der Waals surface area contributed by atoms with E-state index in [4.69, 9.17) is 4.42 Å². The molecule has 1 rings (SSSR count). The fourth-order valence-corrected chi connectivity index (χ4v) is 0.914. The molecular formula is C8H13NO3. The van der Waals surface area contributed by atoms with E-state index in [0.717, 1.165) is 13.0 Å². The van der Waals surface area contributed by atoms with Crippen LogP contribution in [0.25, 0.3) is 0 Å². The summed E-state index contributed by atoms with van der Waals surface area (Å²) >= 11 is 0. The van der Waals surface area contributed by atoms with Crippen LogP contribution in [0.3, 0.4) is 0 Å². The lowest BCUT2D eigenvalue weighted by molar-refractivity contribution is 0.365. The highest BCUT2D eigenvalue weighted by Gasteiger charge is 2.06. The summed E-state index contributed by atoms with van der Waals surface area (Å²) in [6, 6.07) is 0. The van der Waals surface area contributed by atoms with Gasteiger partial charge >= 0.3 is 5.82 Å². The first-order valence-electron chi connectivity index (χ1n) is 4.04. The van der Waals surface area contributed by atoms with Crippen molar-refractivity contribution < 1.29 is 8.83 Å². The fraction of sp³-hybridized carbons (Fsp3) is 0.625. The van der Waals surface area contributed by atoms with Crippen LogP contribution in [0.15, 0.2) is 13.6 Å². The minimum Gasteiger partial charge on any atom is -0.396 e. The number of nitrogens with one attached hydrogen (secondary N) is 1. The zero-order valence-electron chi connectivity index (χ0n) is 7.35. The van der Waals surface area contributed by atoms with Gasteiger partial charge in [0.25, 0.3) is 0 Å². The molecule has 0 aliphatic carbocycles. The van der Waals surface area contributed by atoms with Crippen LogP contribution in [0, 0.1) is 6.92 Å². The van der Waals surface area contributed by atoms with Crippen molar-refractivity contribution in [2.24, 2.45) is 0 Å². The van der Waals surface area contributed by atoms with E-state index in [0.29, 0.717) is 18.1 Å². The molecule has 68 valence electrons. The Labute approximate surface area is 70.6 Å². The van der Waals surface area contributed by atoms with Crippen molar-refractivity contribution >= 4 is 0 Å². The number of hydrogen-bond acceptors (Lipinski definition) is 4. The van der Waals surface area contributed by atoms with Gasteiger partial charge in [0.15, 0.2) is 5.76 Å². The third kappa shape index (κ3) is 2.23. The second-order valence-electron chi connectivity index (χ2n) is 2.61. The summed E-state index contributed by atoms with van der Waals surface area (Å²) < 4.78 is 9.46. The average molecular weight is 171 g/mol. The molecule has 1 heterocycles. The van der Waals surface area contributed by atoms with Crippen molar-refractivity contribution in [2.45, 2.75) is 26.8 Å². The molecular weight excluding hydrogens is 158 g/mol. The molecule has 0 aliphatic rings. The third-order valence-corrected chi connectivity index (χ3v) is 1.55. The maximum absolute atomic E-state index is 10.6. The Bertz CT molecular complexity index is 287. The molecule has 0 aliphatic heterocycles. The lowest BCUT2D eigenvalue weighted by Gasteiger charge is -1.97. The van der Waals surface area contributed by atoms with Crippen molar-refractivity contribution in [1.82, 2.24) is 5.32 Å². The standard InChI is InChI=1S/C8H13NO3/c1-3-4-9-5-7-6(2)11-8(10)12-7/h9H,3-5H2,1-2H3. The molecule has 0 saturated carbocycles. The van der Waals surface area contributed by atoms with Crippen LogP contribution in [0.4, 0.5) is 0 Å². The highest BCUT2D eigenvalue weighted by atomic mass is 16.6. The molecule has 0 radical (unpaired) electrons. The van der Waals surface area contributed by atoms with E-state index in [1.807, 2.05) is 0 Å². The zero-order chi connectivity index (χ0) is 8.97. The molecule has 0 spiro atoms. The van der Waals surface area contributed by atoms with Crippen LogP contribution >= 0.6 is 0 Å². The van der Waals surface area contributed by atoms with Crippen LogP contribution in [0.2, 0.25) is 0 Å². The van der Waals surface area contributed by atoms with E-state index in [9.17, 15) is 4.79 Å². The molecule has 12 heavy (non-hydrogen) atoms. The van der Waals surface area contributed by atoms with E-state index in [1.54, 1.807) is 6.92 Å². The first-order chi connectivity index (χ1) is 5.74. The molecule has 4 nitrogen and oxygen atoms in total. The Morgan fingerprint density at radius 2 is 2.17 bits per heavy atom. The average Bonchev–Trinajstić information content (AvgIpc) is 2.31. The fourth-order valence-electron chi connectivity index (χ4n) is 0.914. The molecule has 0 amide bonds. The smallest absolute Gasteiger partial charge is 0.396 e. The van der Waals surface area contributed by atoms with Crippen molar-refractivity contribution in [3.63, 3.8) is 0 Å². The van der Waals surface area contributed by atoms with Crippen molar-refractivity contribution in [2.75, 3.05) is 6.54 Å². The molecule has 0 atom stereocenters. The van der Waals surface area contributed by atoms with E-state index < -0.39 is 5.82 Å². The minimum absolute atomic E-state index is 0.559. The summed E-state index contributed by atoms with van der Waals surface area (Å²) in [5.41, 5.74) is 0. The Kier molecular flexibility index (Phi) is 3.10. The molecule has 1 aromatic rings. The Balaban J connectivity index is 2.51. The molecule has 0 fully saturated rings. The Hall–Kier alpha value is -1.03. The first-order valence-corrected chi connectivity index (χ1v) is 4.04. The summed E-state index contributed by atoms with van der Waals surface area (Å²) in [4.78, 5) is 10.6. The third-order valence-electron chi connectivity index (χ3n) is 1.55. The lowest BCUT2D eigenvalue weighted by atomic mass is 10.4. The van der Waals surface area contributed by atoms with E-state index in [2.05, 4.69) is 16.7 Å². The number of hydrogen-bond donors (Lipinski definition) is 1. The van der Waals surface area contributed by atoms with Gasteiger partial charge in [0.2, 0.25) is 0 Å². The number of rotatable bonds is 4. The van der Waals surface area contributed by atoms with Gasteiger partial charge in [0.05, 0.1) is 6.54 Å². The van der Waals surface area contributed by atoms with Crippen LogP contribution in [-0.2, 0) is 6.54 Å². The second-order valence-corrected chi connectivity index (χ2v) is 2.61. The minimum atomic E-state index is -0.624. The molecule has 1 aromatic heterocycles. The summed E-state index contributed by atoms with van der Waals surface area (Å²) in [7, 11) is 0. The molecule has 0 unspecified atom stereocenters. The van der Waals surface area contributed by atoms with Gasteiger partial charge in [-0.05, 0) is 19.9 Å². The maximum Gasteiger partial charge on any atom is 0.519 e. The van der Waals surface area contributed by atoms with Crippen LogP contribution < -0.4 is 11.1 Å². The van der Waals surface area contributed by atoms with Gasteiger partial charge in [0, 0.05) is 0 Å². The van der Waals surface area contributed by atoms with Gasteiger partial charge in [0.1, 0.15) is 5.76 Å². The Morgan fingerprint density at radius 3 is 2.67 bits per heavy atom. The quantitative estimate of drug-likeness (QED) is 0.688. The van der Waals surface area contributed by atoms with Crippen LogP contribution in [0.1, 0.15) is 24.9 Å². The molecule has 4 heteroatoms. The topological polar surface area (TPSA) is 55.4 Å². The predicted octanol–water partition coefficient (Wildman–Crippen LogP) is 1.04. The van der Waals surface area contributed by atoms with E-state index in [-0.39, 0.29) is 0 Å². The van der Waals surface area contributed by atoms with Gasteiger partial charge < -0.3 is 14.2 Å². The number of aryl methyl sites for hydroxylation is 1. The van der Waals surface area contributed by atoms with Gasteiger partial charge in [-0.15, -0.1) is 0 Å². The normalized spacial score (nSPS) is 10.5. The molecule has 0 saturated heterocycles. The highest BCUT2D eigenvalue weighted by molar-refractivity contribution is 4.99. The maximum atomic E-state index is 10.6. The first kappa shape index (κ1) is 9.06. The lowest BCUT2D eigenvalue weighted by Crippen LogP contribution is -2.13. The Morgan fingerprint density at radius 1 is 1.42 bits per heavy atom. The summed E-state index contributed by atoms with van der Waals surface area (Å²) in [6.45, 7) is 5.26. The van der Waals surface area contributed by atoms with Crippen molar-refractivity contribution in [3.8, 4) is 0 Å². The van der Waals surface area contributed by atoms with Gasteiger partial charge in [-0.2, -0.15) is 0 Å². The zero-order valence-corrected chi connectivity index (χ0v) is 7.35. The van der Waals surface area contributed by atoms with Crippen molar-refractivity contribution in [1.29, 1.82) is 0 Å².